The number of carbonyl (C=O) groups is 1. The van der Waals surface area contributed by atoms with Crippen LogP contribution in [0.3, 0.4) is 0 Å². The Bertz CT molecular complexity index is 479. The van der Waals surface area contributed by atoms with E-state index >= 15 is 0 Å². The maximum absolute atomic E-state index is 12.0. The fourth-order valence-electron chi connectivity index (χ4n) is 2.20. The molecule has 1 atom stereocenters. The van der Waals surface area contributed by atoms with Crippen LogP contribution in [0.2, 0.25) is 0 Å². The maximum atomic E-state index is 12.0. The second-order valence-corrected chi connectivity index (χ2v) is 5.31. The summed E-state index contributed by atoms with van der Waals surface area (Å²) in [6.07, 6.45) is 5.47. The van der Waals surface area contributed by atoms with Crippen molar-refractivity contribution in [1.82, 2.24) is 0 Å². The van der Waals surface area contributed by atoms with Gasteiger partial charge in [-0.05, 0) is 43.4 Å². The van der Waals surface area contributed by atoms with E-state index in [1.165, 1.54) is 0 Å². The van der Waals surface area contributed by atoms with E-state index in [-0.39, 0.29) is 11.2 Å². The molecule has 1 aliphatic carbocycles. The lowest BCUT2D eigenvalue weighted by Crippen LogP contribution is -2.21. The number of benzene rings is 1. The summed E-state index contributed by atoms with van der Waals surface area (Å²) in [5.41, 5.74) is 1.78. The van der Waals surface area contributed by atoms with Crippen LogP contribution in [0.25, 0.3) is 6.08 Å². The van der Waals surface area contributed by atoms with E-state index in [1.807, 2.05) is 30.3 Å². The van der Waals surface area contributed by atoms with Gasteiger partial charge in [-0.3, -0.25) is 4.79 Å². The first-order chi connectivity index (χ1) is 9.22. The van der Waals surface area contributed by atoms with Gasteiger partial charge >= 0.3 is 0 Å². The van der Waals surface area contributed by atoms with Gasteiger partial charge in [0.2, 0.25) is 0 Å². The number of ketones is 1. The first-order valence-electron chi connectivity index (χ1n) is 6.83. The second-order valence-electron chi connectivity index (χ2n) is 4.78. The predicted molar refractivity (Wildman–Crippen MR) is 78.7 cm³/mol. The van der Waals surface area contributed by atoms with Crippen LogP contribution in [-0.4, -0.2) is 17.8 Å². The molecule has 3 heteroatoms. The van der Waals surface area contributed by atoms with E-state index < -0.39 is 0 Å². The van der Waals surface area contributed by atoms with E-state index in [4.69, 9.17) is 16.3 Å². The molecule has 0 N–H and O–H groups in total. The van der Waals surface area contributed by atoms with Gasteiger partial charge in [0.1, 0.15) is 5.75 Å². The lowest BCUT2D eigenvalue weighted by molar-refractivity contribution is -0.116. The van der Waals surface area contributed by atoms with E-state index in [0.717, 1.165) is 42.6 Å². The van der Waals surface area contributed by atoms with Gasteiger partial charge in [0, 0.05) is 5.56 Å². The third-order valence-electron chi connectivity index (χ3n) is 3.22. The highest BCUT2D eigenvalue weighted by Gasteiger charge is 2.24. The number of alkyl halides is 1. The van der Waals surface area contributed by atoms with E-state index in [1.54, 1.807) is 0 Å². The highest BCUT2D eigenvalue weighted by molar-refractivity contribution is 6.34. The molecule has 1 aromatic rings. The van der Waals surface area contributed by atoms with Crippen molar-refractivity contribution in [3.63, 3.8) is 0 Å². The first-order valence-corrected chi connectivity index (χ1v) is 7.26. The molecule has 0 spiro atoms. The minimum absolute atomic E-state index is 0.0678. The molecule has 1 fully saturated rings. The molecule has 0 bridgehead atoms. The third-order valence-corrected chi connectivity index (χ3v) is 3.63. The number of ether oxygens (including phenoxy) is 1. The SMILES string of the molecule is CCCOc1ccccc1C=C1CCCC(Cl)C1=O. The smallest absolute Gasteiger partial charge is 0.176 e. The lowest BCUT2D eigenvalue weighted by Gasteiger charge is -2.18. The molecule has 19 heavy (non-hydrogen) atoms. The van der Waals surface area contributed by atoms with Crippen molar-refractivity contribution in [2.24, 2.45) is 0 Å². The zero-order valence-electron chi connectivity index (χ0n) is 11.2. The minimum Gasteiger partial charge on any atom is -0.493 e. The summed E-state index contributed by atoms with van der Waals surface area (Å²) in [5.74, 6) is 0.902. The largest absolute Gasteiger partial charge is 0.493 e. The van der Waals surface area contributed by atoms with Crippen molar-refractivity contribution in [1.29, 1.82) is 0 Å². The Balaban J connectivity index is 2.24. The van der Waals surface area contributed by atoms with Crippen LogP contribution in [0.4, 0.5) is 0 Å². The summed E-state index contributed by atoms with van der Waals surface area (Å²) in [4.78, 5) is 12.0. The van der Waals surface area contributed by atoms with E-state index in [0.29, 0.717) is 6.61 Å². The maximum Gasteiger partial charge on any atom is 0.176 e. The Hall–Kier alpha value is -1.28. The summed E-state index contributed by atoms with van der Waals surface area (Å²) in [5, 5.41) is -0.358. The molecule has 102 valence electrons. The van der Waals surface area contributed by atoms with Crippen molar-refractivity contribution in [2.75, 3.05) is 6.61 Å². The number of Topliss-reactive ketones (excluding diaryl/α,β-unsaturated/α-hetero) is 1. The minimum atomic E-state index is -0.358. The quantitative estimate of drug-likeness (QED) is 0.609. The van der Waals surface area contributed by atoms with Gasteiger partial charge in [-0.2, -0.15) is 0 Å². The topological polar surface area (TPSA) is 26.3 Å². The molecule has 1 aromatic carbocycles. The highest BCUT2D eigenvalue weighted by Crippen LogP contribution is 2.28. The summed E-state index contributed by atoms with van der Waals surface area (Å²) in [7, 11) is 0. The van der Waals surface area contributed by atoms with Crippen LogP contribution in [0.15, 0.2) is 29.8 Å². The van der Waals surface area contributed by atoms with Crippen molar-refractivity contribution in [3.8, 4) is 5.75 Å². The molecule has 0 aromatic heterocycles. The van der Waals surface area contributed by atoms with Gasteiger partial charge in [-0.1, -0.05) is 25.1 Å². The number of para-hydroxylation sites is 1. The van der Waals surface area contributed by atoms with Crippen LogP contribution in [-0.2, 0) is 4.79 Å². The zero-order valence-corrected chi connectivity index (χ0v) is 12.0. The number of allylic oxidation sites excluding steroid dienone is 1. The predicted octanol–water partition coefficient (Wildman–Crippen LogP) is 4.22. The molecular formula is C16H19ClO2. The van der Waals surface area contributed by atoms with Crippen molar-refractivity contribution < 1.29 is 9.53 Å². The molecule has 0 heterocycles. The molecule has 0 radical (unpaired) electrons. The first kappa shape index (κ1) is 14.1. The standard InChI is InChI=1S/C16H19ClO2/c1-2-10-19-15-9-4-3-6-12(15)11-13-7-5-8-14(17)16(13)18/h3-4,6,9,11,14H,2,5,7-8,10H2,1H3. The van der Waals surface area contributed by atoms with Crippen LogP contribution < -0.4 is 4.74 Å². The van der Waals surface area contributed by atoms with E-state index in [9.17, 15) is 4.79 Å². The van der Waals surface area contributed by atoms with Gasteiger partial charge in [-0.15, -0.1) is 11.6 Å². The van der Waals surface area contributed by atoms with Crippen LogP contribution >= 0.6 is 11.6 Å². The normalized spacial score (nSPS) is 21.7. The third kappa shape index (κ3) is 3.60. The number of carbonyl (C=O) groups excluding carboxylic acids is 1. The van der Waals surface area contributed by atoms with Gasteiger partial charge in [0.25, 0.3) is 0 Å². The van der Waals surface area contributed by atoms with Crippen LogP contribution in [0, 0.1) is 0 Å². The summed E-state index contributed by atoms with van der Waals surface area (Å²) >= 11 is 6.03. The zero-order chi connectivity index (χ0) is 13.7. The molecule has 0 saturated heterocycles. The molecular weight excluding hydrogens is 260 g/mol. The summed E-state index contributed by atoms with van der Waals surface area (Å²) in [6.45, 7) is 2.76. The van der Waals surface area contributed by atoms with Crippen LogP contribution in [0.1, 0.15) is 38.2 Å². The Morgan fingerprint density at radius 1 is 1.42 bits per heavy atom. The molecule has 1 saturated carbocycles. The van der Waals surface area contributed by atoms with Gasteiger partial charge < -0.3 is 4.74 Å². The number of hydrogen-bond donors (Lipinski definition) is 0. The van der Waals surface area contributed by atoms with Gasteiger partial charge in [0.05, 0.1) is 12.0 Å². The number of rotatable bonds is 4. The van der Waals surface area contributed by atoms with Gasteiger partial charge in [-0.25, -0.2) is 0 Å². The average Bonchev–Trinajstić information content (AvgIpc) is 2.43. The molecule has 1 aliphatic rings. The van der Waals surface area contributed by atoms with Crippen molar-refractivity contribution >= 4 is 23.5 Å². The Morgan fingerprint density at radius 3 is 3.00 bits per heavy atom. The van der Waals surface area contributed by atoms with Crippen LogP contribution in [0.5, 0.6) is 5.75 Å². The van der Waals surface area contributed by atoms with Gasteiger partial charge in [0.15, 0.2) is 5.78 Å². The van der Waals surface area contributed by atoms with Crippen molar-refractivity contribution in [3.05, 3.63) is 35.4 Å². The Kier molecular flexibility index (Phi) is 5.03. The summed E-state index contributed by atoms with van der Waals surface area (Å²) < 4.78 is 5.70. The fourth-order valence-corrected chi connectivity index (χ4v) is 2.50. The van der Waals surface area contributed by atoms with E-state index in [2.05, 4.69) is 6.92 Å². The molecule has 2 nitrogen and oxygen atoms in total. The van der Waals surface area contributed by atoms with Crippen molar-refractivity contribution in [2.45, 2.75) is 38.0 Å². The molecule has 2 rings (SSSR count). The lowest BCUT2D eigenvalue weighted by atomic mass is 9.91. The Labute approximate surface area is 119 Å². The number of halogens is 1. The second kappa shape index (κ2) is 6.76. The fraction of sp³-hybridized carbons (Fsp3) is 0.438. The highest BCUT2D eigenvalue weighted by atomic mass is 35.5. The summed E-state index contributed by atoms with van der Waals surface area (Å²) in [6, 6.07) is 7.81. The average molecular weight is 279 g/mol. The number of hydrogen-bond acceptors (Lipinski definition) is 2. The molecule has 1 unspecified atom stereocenters. The molecule has 0 amide bonds. The monoisotopic (exact) mass is 278 g/mol. The Morgan fingerprint density at radius 2 is 2.21 bits per heavy atom. The molecule has 0 aliphatic heterocycles.